The molecule has 0 aliphatic rings. The predicted octanol–water partition coefficient (Wildman–Crippen LogP) is 3.79. The molecule has 0 spiro atoms. The van der Waals surface area contributed by atoms with Crippen LogP contribution in [0.4, 0.5) is 0 Å². The molecule has 0 aromatic carbocycles. The number of hydrogen-bond donors (Lipinski definition) is 0. The van der Waals surface area contributed by atoms with Crippen molar-refractivity contribution in [3.05, 3.63) is 10.0 Å². The van der Waals surface area contributed by atoms with Crippen molar-refractivity contribution in [1.29, 1.82) is 0 Å². The fourth-order valence-electron chi connectivity index (χ4n) is 0.870. The van der Waals surface area contributed by atoms with Gasteiger partial charge < -0.3 is 0 Å². The summed E-state index contributed by atoms with van der Waals surface area (Å²) in [6, 6.07) is 0. The predicted molar refractivity (Wildman–Crippen MR) is 54.3 cm³/mol. The second-order valence-corrected chi connectivity index (χ2v) is 5.26. The zero-order chi connectivity index (χ0) is 8.53. The van der Waals surface area contributed by atoms with Crippen LogP contribution in [0.2, 0.25) is 5.82 Å². The molecule has 0 saturated heterocycles. The van der Waals surface area contributed by atoms with Gasteiger partial charge in [0, 0.05) is 0 Å². The fourth-order valence-corrected chi connectivity index (χ4v) is 1.58. The second-order valence-electron chi connectivity index (χ2n) is 2.56. The second kappa shape index (κ2) is 8.64. The van der Waals surface area contributed by atoms with Crippen LogP contribution >= 0.6 is 11.6 Å². The van der Waals surface area contributed by atoms with Gasteiger partial charge in [-0.2, -0.15) is 0 Å². The van der Waals surface area contributed by atoms with Crippen molar-refractivity contribution in [1.82, 2.24) is 0 Å². The van der Waals surface area contributed by atoms with Crippen molar-refractivity contribution in [3.8, 4) is 0 Å². The Hall–Kier alpha value is 0.549. The van der Waals surface area contributed by atoms with Gasteiger partial charge in [-0.1, -0.05) is 0 Å². The van der Waals surface area contributed by atoms with E-state index in [1.807, 2.05) is 0 Å². The van der Waals surface area contributed by atoms with Crippen molar-refractivity contribution >= 4 is 26.6 Å². The van der Waals surface area contributed by atoms with E-state index in [4.69, 9.17) is 11.6 Å². The van der Waals surface area contributed by atoms with E-state index in [1.54, 1.807) is 0 Å². The van der Waals surface area contributed by atoms with Gasteiger partial charge in [-0.15, -0.1) is 0 Å². The molecule has 0 fully saturated rings. The Balaban J connectivity index is 3.12. The van der Waals surface area contributed by atoms with Gasteiger partial charge in [0.25, 0.3) is 0 Å². The molecule has 0 nitrogen and oxygen atoms in total. The molecule has 0 N–H and O–H groups in total. The molecule has 2 heteroatoms. The van der Waals surface area contributed by atoms with Crippen LogP contribution in [0.15, 0.2) is 10.0 Å². The first-order chi connectivity index (χ1) is 5.31. The monoisotopic (exact) mass is 240 g/mol. The summed E-state index contributed by atoms with van der Waals surface area (Å²) < 4.78 is 1.08. The van der Waals surface area contributed by atoms with Gasteiger partial charge in [-0.25, -0.2) is 0 Å². The van der Waals surface area contributed by atoms with Crippen molar-refractivity contribution in [2.75, 3.05) is 0 Å². The Morgan fingerprint density at radius 2 is 2.09 bits per heavy atom. The third kappa shape index (κ3) is 8.46. The van der Waals surface area contributed by atoms with Crippen molar-refractivity contribution in [2.24, 2.45) is 0 Å². The van der Waals surface area contributed by atoms with Crippen molar-refractivity contribution < 1.29 is 0 Å². The molecule has 0 radical (unpaired) electrons. The summed E-state index contributed by atoms with van der Waals surface area (Å²) in [5, 5.41) is 0. The summed E-state index contributed by atoms with van der Waals surface area (Å²) in [4.78, 5) is 0. The Bertz CT molecular complexity index is 110. The molecule has 0 heterocycles. The van der Waals surface area contributed by atoms with E-state index in [9.17, 15) is 0 Å². The van der Waals surface area contributed by atoms with Gasteiger partial charge >= 0.3 is 81.4 Å². The van der Waals surface area contributed by atoms with E-state index >= 15 is 0 Å². The molecule has 0 saturated carbocycles. The van der Waals surface area contributed by atoms with E-state index in [2.05, 4.69) is 18.8 Å². The molecule has 0 amide bonds. The van der Waals surface area contributed by atoms with Crippen LogP contribution < -0.4 is 0 Å². The average Bonchev–Trinajstić information content (AvgIpc) is 2.04. The van der Waals surface area contributed by atoms with E-state index in [0.29, 0.717) is 15.0 Å². The number of hydrogen-bond acceptors (Lipinski definition) is 0. The topological polar surface area (TPSA) is 0 Å². The summed E-state index contributed by atoms with van der Waals surface area (Å²) in [5.74, 6) is 2.15. The molecule has 0 aliphatic carbocycles. The number of rotatable bonds is 6. The normalized spacial score (nSPS) is 12.1. The molecule has 0 unspecified atom stereocenters. The van der Waals surface area contributed by atoms with Crippen LogP contribution in [0.25, 0.3) is 0 Å². The molecule has 0 aromatic rings. The van der Waals surface area contributed by atoms with Crippen LogP contribution in [0.5, 0.6) is 0 Å². The number of unbranched alkanes of at least 4 members (excludes halogenated alkanes) is 4. The molecule has 0 aromatic heterocycles. The quantitative estimate of drug-likeness (QED) is 0.489. The van der Waals surface area contributed by atoms with Gasteiger partial charge in [0.1, 0.15) is 0 Å². The molecule has 0 aliphatic heterocycles. The van der Waals surface area contributed by atoms with Crippen molar-refractivity contribution in [3.63, 3.8) is 0 Å². The van der Waals surface area contributed by atoms with Crippen LogP contribution in [-0.2, 0) is 0 Å². The summed E-state index contributed by atoms with van der Waals surface area (Å²) in [6.07, 6.45) is 8.69. The van der Waals surface area contributed by atoms with Gasteiger partial charge in [0.2, 0.25) is 0 Å². The van der Waals surface area contributed by atoms with E-state index in [0.717, 1.165) is 3.93 Å². The zero-order valence-electron chi connectivity index (χ0n) is 7.40. The molecule has 11 heavy (non-hydrogen) atoms. The van der Waals surface area contributed by atoms with Crippen LogP contribution in [0.3, 0.4) is 0 Å². The number of allylic oxidation sites excluding steroid dienone is 1. The van der Waals surface area contributed by atoms with Crippen LogP contribution in [0.1, 0.15) is 39.0 Å². The summed E-state index contributed by atoms with van der Waals surface area (Å²) in [7, 11) is 0. The van der Waals surface area contributed by atoms with Crippen molar-refractivity contribution in [2.45, 2.75) is 44.9 Å². The van der Waals surface area contributed by atoms with E-state index in [-0.39, 0.29) is 0 Å². The Morgan fingerprint density at radius 3 is 2.64 bits per heavy atom. The Morgan fingerprint density at radius 1 is 1.36 bits per heavy atom. The third-order valence-corrected chi connectivity index (χ3v) is 3.68. The van der Waals surface area contributed by atoms with Gasteiger partial charge in [-0.3, -0.25) is 0 Å². The Kier molecular flexibility index (Phi) is 9.08. The maximum absolute atomic E-state index is 5.87. The minimum absolute atomic E-state index is 0.506. The van der Waals surface area contributed by atoms with Crippen LogP contribution in [-0.4, -0.2) is 15.0 Å². The summed E-state index contributed by atoms with van der Waals surface area (Å²) >= 11 is 6.37. The first-order valence-corrected chi connectivity index (χ1v) is 7.15. The molecule has 0 bridgehead atoms. The van der Waals surface area contributed by atoms with Gasteiger partial charge in [0.15, 0.2) is 0 Å². The molecule has 0 atom stereocenters. The van der Waals surface area contributed by atoms with E-state index < -0.39 is 0 Å². The standard InChI is InChI=1S/C9H17ClSe/c1-3-4-5-6-7-8-9(10)11-2/h8H,3-7H2,1-2H3/b9-8-. The number of halogens is 1. The van der Waals surface area contributed by atoms with Gasteiger partial charge in [0.05, 0.1) is 0 Å². The Labute approximate surface area is 81.6 Å². The first kappa shape index (κ1) is 11.5. The SMILES string of the molecule is CCCCCC/C=C(/Cl)[Se]C. The van der Waals surface area contributed by atoms with Gasteiger partial charge in [-0.05, 0) is 0 Å². The fraction of sp³-hybridized carbons (Fsp3) is 0.778. The molecular weight excluding hydrogens is 223 g/mol. The summed E-state index contributed by atoms with van der Waals surface area (Å²) in [5.41, 5.74) is 0. The third-order valence-electron chi connectivity index (χ3n) is 1.56. The molecule has 66 valence electrons. The molecular formula is C9H17ClSe. The molecule has 0 rings (SSSR count). The minimum atomic E-state index is 0.506. The zero-order valence-corrected chi connectivity index (χ0v) is 9.87. The van der Waals surface area contributed by atoms with E-state index in [1.165, 1.54) is 32.1 Å². The first-order valence-electron chi connectivity index (χ1n) is 4.21. The summed E-state index contributed by atoms with van der Waals surface area (Å²) in [6.45, 7) is 2.23. The van der Waals surface area contributed by atoms with Crippen LogP contribution in [0, 0.1) is 0 Å². The average molecular weight is 240 g/mol. The maximum atomic E-state index is 5.87.